The number of carbonyl (C=O) groups is 4. The van der Waals surface area contributed by atoms with Gasteiger partial charge in [-0.2, -0.15) is 5.26 Å². The van der Waals surface area contributed by atoms with E-state index in [2.05, 4.69) is 85.4 Å². The smallest absolute Gasteiger partial charge is 0.338 e. The Morgan fingerprint density at radius 3 is 1.11 bits per heavy atom. The van der Waals surface area contributed by atoms with Crippen LogP contribution in [0.4, 0.5) is 0 Å². The van der Waals surface area contributed by atoms with E-state index in [4.69, 9.17) is 14.4 Å². The summed E-state index contributed by atoms with van der Waals surface area (Å²) in [5.74, 6) is 28.7. The summed E-state index contributed by atoms with van der Waals surface area (Å²) in [6.45, 7) is 37.4. The van der Waals surface area contributed by atoms with Crippen LogP contribution in [0, 0.1) is 83.4 Å². The number of hydrogen-bond acceptors (Lipinski definition) is 19. The third kappa shape index (κ3) is 23.4. The SMILES string of the molecule is CC1=C(C(=O)NC(C)(C)C)c2c(C#CC(C)(C)O)cn(C)c(=O)c2C1.CC1=C(C(=O)NC(C)C)c2c(C#CC(C)(C)O)cn(C)c(=O)c2C1.CC1=C(C(=O)OCCC#N)c2c(C#CC(C)(O)C3CC3)cn(C)c(=O)c2C1.CC1=C(c2nnc(C)o2)c2c(C#CC(C)(C)O)cn(C)c(=O)c2C1.CCNC(=O)C1=C(C)Cc2c1c(C#CC(C)(C)O)cn(C)c2=O. The number of allylic oxidation sites excluding steroid dienone is 5. The number of ether oxygens (including phenoxy) is 1. The van der Waals surface area contributed by atoms with E-state index in [1.165, 1.54) is 22.8 Å². The van der Waals surface area contributed by atoms with Crippen molar-refractivity contribution in [1.29, 1.82) is 5.26 Å². The third-order valence-corrected chi connectivity index (χ3v) is 20.1. The predicted molar refractivity (Wildman–Crippen MR) is 472 cm³/mol. The molecule has 8 N–H and O–H groups in total. The molecule has 27 nitrogen and oxygen atoms in total. The quantitative estimate of drug-likeness (QED) is 0.0377. The van der Waals surface area contributed by atoms with Crippen molar-refractivity contribution in [3.8, 4) is 65.3 Å². The maximum atomic E-state index is 12.8. The largest absolute Gasteiger partial charge is 0.461 e. The lowest BCUT2D eigenvalue weighted by molar-refractivity contribution is -0.136. The first kappa shape index (κ1) is 96.0. The molecule has 0 aromatic carbocycles. The second-order valence-corrected chi connectivity index (χ2v) is 35.5. The van der Waals surface area contributed by atoms with Crippen molar-refractivity contribution < 1.29 is 53.9 Å². The van der Waals surface area contributed by atoms with Crippen LogP contribution in [0.3, 0.4) is 0 Å². The van der Waals surface area contributed by atoms with Crippen molar-refractivity contribution >= 4 is 51.6 Å². The Hall–Kier alpha value is -12.4. The molecule has 6 heterocycles. The minimum atomic E-state index is -1.16. The average Bonchev–Trinajstić information content (AvgIpc) is 1.59. The summed E-state index contributed by atoms with van der Waals surface area (Å²) in [5.41, 5.74) is 9.24. The Labute approximate surface area is 717 Å². The maximum absolute atomic E-state index is 12.8. The van der Waals surface area contributed by atoms with Gasteiger partial charge in [0.2, 0.25) is 11.8 Å². The molecule has 6 aliphatic rings. The van der Waals surface area contributed by atoms with Gasteiger partial charge in [0.15, 0.2) is 0 Å². The molecule has 12 rings (SSSR count). The highest BCUT2D eigenvalue weighted by molar-refractivity contribution is 6.24. The van der Waals surface area contributed by atoms with Crippen molar-refractivity contribution in [2.24, 2.45) is 41.2 Å². The molecule has 1 fully saturated rings. The Kier molecular flexibility index (Phi) is 29.3. The molecule has 1 atom stereocenters. The van der Waals surface area contributed by atoms with Crippen LogP contribution in [0.15, 0.2) is 87.2 Å². The van der Waals surface area contributed by atoms with Crippen molar-refractivity contribution in [2.45, 2.75) is 236 Å². The standard InChI is InChI=1S/C21H22N2O4.C20H26N2O3.C19H24N2O3.C18H19N3O3.C18H22N2O3/c1-13-11-16-18(17(13)20(25)27-10-4-9-22)14(12-23(3)19(16)24)7-8-21(2,26)15-5-6-15;1-12-10-14-16(15(12)17(23)21-19(2,3)4)13(8-9-20(5,6)25)11-22(7)18(14)24;1-11(2)20-17(22)15-12(3)9-14-16(15)13(7-8-19(4,5)24)10-21(6)18(14)23;1-10-8-13-15(14(10)16-20-19-11(2)24-16)12(6-7-18(3,4)23)9-21(5)17(13)22;1-6-19-16(21)14-11(2)9-13-15(14)12(7-8-18(3,4)23)10-20(5)17(13)22/h12,15,26H,4-6,10-11H2,1-3H3;11,25H,10H2,1-7H3,(H,21,23);10-11,24H,9H2,1-6H3,(H,20,22);9,23H,8H2,1-5H3;10,23H,6,9H2,1-5H3,(H,19,21). The number of esters is 1. The fourth-order valence-electron chi connectivity index (χ4n) is 14.5. The van der Waals surface area contributed by atoms with Gasteiger partial charge in [-0.05, 0) is 157 Å². The number of hydrogen-bond donors (Lipinski definition) is 8. The van der Waals surface area contributed by atoms with E-state index >= 15 is 0 Å². The number of pyridine rings is 5. The zero-order valence-electron chi connectivity index (χ0n) is 75.4. The molecule has 0 bridgehead atoms. The second kappa shape index (κ2) is 37.5. The maximum Gasteiger partial charge on any atom is 0.338 e. The molecule has 6 aliphatic carbocycles. The second-order valence-electron chi connectivity index (χ2n) is 35.5. The van der Waals surface area contributed by atoms with Crippen LogP contribution < -0.4 is 43.7 Å². The summed E-state index contributed by atoms with van der Waals surface area (Å²) >= 11 is 0. The number of likely N-dealkylation sites (N-methyl/N-ethyl adjacent to an activating group) is 1. The van der Waals surface area contributed by atoms with Crippen molar-refractivity contribution in [3.05, 3.63) is 206 Å². The van der Waals surface area contributed by atoms with Gasteiger partial charge in [-0.1, -0.05) is 87.1 Å². The van der Waals surface area contributed by atoms with E-state index in [0.717, 1.165) is 51.8 Å². The average molecular weight is 1680 g/mol. The molecule has 6 aromatic heterocycles. The van der Waals surface area contributed by atoms with Crippen LogP contribution >= 0.6 is 0 Å². The summed E-state index contributed by atoms with van der Waals surface area (Å²) < 4.78 is 18.2. The number of nitrogens with one attached hydrogen (secondary N) is 3. The van der Waals surface area contributed by atoms with E-state index in [9.17, 15) is 68.7 Å². The van der Waals surface area contributed by atoms with Crippen molar-refractivity contribution in [1.82, 2.24) is 49.0 Å². The number of rotatable bonds is 10. The molecule has 0 saturated heterocycles. The molecule has 648 valence electrons. The molecule has 0 aliphatic heterocycles. The molecular formula is C96H113N11O16. The first-order valence-corrected chi connectivity index (χ1v) is 40.6. The predicted octanol–water partition coefficient (Wildman–Crippen LogP) is 7.35. The highest BCUT2D eigenvalue weighted by Crippen LogP contribution is 2.42. The molecular weight excluding hydrogens is 1560 g/mol. The van der Waals surface area contributed by atoms with Gasteiger partial charge in [-0.3, -0.25) is 38.4 Å². The number of aryl methyl sites for hydroxylation is 6. The number of aromatic nitrogens is 7. The van der Waals surface area contributed by atoms with Gasteiger partial charge in [0, 0.05) is 229 Å². The third-order valence-electron chi connectivity index (χ3n) is 20.1. The first-order valence-electron chi connectivity index (χ1n) is 40.6. The Balaban J connectivity index is 0.000000191. The number of nitriles is 1. The van der Waals surface area contributed by atoms with E-state index < -0.39 is 34.0 Å². The fraction of sp³-hybridized carbons (Fsp3) is 0.458. The Morgan fingerprint density at radius 2 is 0.797 bits per heavy atom. The van der Waals surface area contributed by atoms with Gasteiger partial charge in [-0.25, -0.2) is 4.79 Å². The monoisotopic (exact) mass is 1680 g/mol. The first-order chi connectivity index (χ1) is 56.9. The molecule has 0 radical (unpaired) electrons. The van der Waals surface area contributed by atoms with Crippen LogP contribution in [-0.2, 0) is 91.3 Å². The van der Waals surface area contributed by atoms with Gasteiger partial charge in [-0.15, -0.1) is 10.2 Å². The van der Waals surface area contributed by atoms with Crippen LogP contribution in [0.25, 0.3) is 27.9 Å². The van der Waals surface area contributed by atoms with Crippen LogP contribution in [0.5, 0.6) is 0 Å². The normalized spacial score (nSPS) is 14.6. The number of fused-ring (bicyclic) bond motifs is 5. The van der Waals surface area contributed by atoms with Crippen molar-refractivity contribution in [2.75, 3.05) is 13.2 Å². The minimum absolute atomic E-state index is 0.000644. The summed E-state index contributed by atoms with van der Waals surface area (Å²) in [5, 5.41) is 75.2. The fourth-order valence-corrected chi connectivity index (χ4v) is 14.5. The summed E-state index contributed by atoms with van der Waals surface area (Å²) in [6.07, 6.45) is 12.4. The lowest BCUT2D eigenvalue weighted by Gasteiger charge is -2.22. The Morgan fingerprint density at radius 1 is 0.480 bits per heavy atom. The van der Waals surface area contributed by atoms with E-state index in [1.54, 1.807) is 142 Å². The molecule has 6 aromatic rings. The zero-order chi connectivity index (χ0) is 92.2. The zero-order valence-corrected chi connectivity index (χ0v) is 75.4. The van der Waals surface area contributed by atoms with Crippen LogP contribution in [-0.4, -0.2) is 135 Å². The minimum Gasteiger partial charge on any atom is -0.461 e. The summed E-state index contributed by atoms with van der Waals surface area (Å²) in [7, 11) is 8.34. The summed E-state index contributed by atoms with van der Waals surface area (Å²) in [4.78, 5) is 113. The van der Waals surface area contributed by atoms with Crippen LogP contribution in [0.2, 0.25) is 0 Å². The summed E-state index contributed by atoms with van der Waals surface area (Å²) in [6, 6.07) is 1.93. The van der Waals surface area contributed by atoms with Gasteiger partial charge >= 0.3 is 5.97 Å². The number of amides is 3. The molecule has 3 amide bonds. The molecule has 27 heteroatoms. The highest BCUT2D eigenvalue weighted by Gasteiger charge is 2.40. The molecule has 123 heavy (non-hydrogen) atoms. The highest BCUT2D eigenvalue weighted by atomic mass is 16.5. The Bertz CT molecular complexity index is 6260. The van der Waals surface area contributed by atoms with Gasteiger partial charge in [0.05, 0.1) is 18.1 Å². The van der Waals surface area contributed by atoms with E-state index in [1.807, 2.05) is 75.3 Å². The number of nitrogens with zero attached hydrogens (tertiary/aromatic N) is 8. The lowest BCUT2D eigenvalue weighted by Crippen LogP contribution is -2.41. The number of carbonyl (C=O) groups excluding carboxylic acids is 4. The molecule has 1 saturated carbocycles. The van der Waals surface area contributed by atoms with Gasteiger partial charge in [0.25, 0.3) is 45.5 Å². The topological polar surface area (TPSA) is 387 Å². The van der Waals surface area contributed by atoms with Gasteiger partial charge < -0.3 is 73.5 Å². The number of aliphatic hydroxyl groups is 5. The van der Waals surface area contributed by atoms with Crippen LogP contribution in [0.1, 0.15) is 253 Å². The molecule has 0 spiro atoms. The van der Waals surface area contributed by atoms with Gasteiger partial charge in [0.1, 0.15) is 34.6 Å². The van der Waals surface area contributed by atoms with Crippen molar-refractivity contribution in [3.63, 3.8) is 0 Å². The van der Waals surface area contributed by atoms with E-state index in [-0.39, 0.29) is 76.0 Å². The molecule has 1 unspecified atom stereocenters. The van der Waals surface area contributed by atoms with E-state index in [0.29, 0.717) is 151 Å². The lowest BCUT2D eigenvalue weighted by atomic mass is 9.98.